The maximum Gasteiger partial charge on any atom is 0.144 e. The highest BCUT2D eigenvalue weighted by molar-refractivity contribution is 5.99. The van der Waals surface area contributed by atoms with Gasteiger partial charge in [-0.25, -0.2) is 0 Å². The van der Waals surface area contributed by atoms with Gasteiger partial charge in [0.1, 0.15) is 5.75 Å². The van der Waals surface area contributed by atoms with Gasteiger partial charge in [0.05, 0.1) is 29.9 Å². The van der Waals surface area contributed by atoms with Crippen molar-refractivity contribution in [3.05, 3.63) is 47.9 Å². The molecule has 150 valence electrons. The van der Waals surface area contributed by atoms with Crippen molar-refractivity contribution in [3.8, 4) is 17.1 Å². The third-order valence-electron chi connectivity index (χ3n) is 5.22. The molecule has 0 bridgehead atoms. The van der Waals surface area contributed by atoms with Crippen LogP contribution in [0.3, 0.4) is 0 Å². The first-order valence-electron chi connectivity index (χ1n) is 10.7. The highest BCUT2D eigenvalue weighted by atomic mass is 16.5. The lowest BCUT2D eigenvalue weighted by Gasteiger charge is -2.01. The summed E-state index contributed by atoms with van der Waals surface area (Å²) in [5.74, 6) is 0.831. The predicted molar refractivity (Wildman–Crippen MR) is 119 cm³/mol. The van der Waals surface area contributed by atoms with Crippen molar-refractivity contribution in [1.29, 1.82) is 0 Å². The molecular formula is C24H33N3O. The number of hydrogen-bond donors (Lipinski definition) is 2. The molecule has 0 fully saturated rings. The van der Waals surface area contributed by atoms with Crippen LogP contribution in [-0.2, 0) is 0 Å². The van der Waals surface area contributed by atoms with Gasteiger partial charge in [0, 0.05) is 18.0 Å². The van der Waals surface area contributed by atoms with Crippen molar-refractivity contribution in [2.45, 2.75) is 64.7 Å². The summed E-state index contributed by atoms with van der Waals surface area (Å²) in [7, 11) is 1.70. The Morgan fingerprint density at radius 2 is 1.79 bits per heavy atom. The Balaban J connectivity index is 1.50. The molecule has 4 nitrogen and oxygen atoms in total. The number of nitrogens with one attached hydrogen (secondary N) is 2. The molecule has 0 aliphatic carbocycles. The molecule has 3 heterocycles. The van der Waals surface area contributed by atoms with Gasteiger partial charge in [0.15, 0.2) is 0 Å². The van der Waals surface area contributed by atoms with E-state index in [-0.39, 0.29) is 0 Å². The fourth-order valence-corrected chi connectivity index (χ4v) is 3.60. The van der Waals surface area contributed by atoms with Gasteiger partial charge < -0.3 is 14.7 Å². The lowest BCUT2D eigenvalue weighted by molar-refractivity contribution is 0.414. The summed E-state index contributed by atoms with van der Waals surface area (Å²) < 4.78 is 5.53. The zero-order valence-electron chi connectivity index (χ0n) is 17.3. The quantitative estimate of drug-likeness (QED) is 0.387. The highest BCUT2D eigenvalue weighted by Crippen LogP contribution is 2.29. The standard InChI is InChI=1S/C24H33N3O/c1-3-4-5-6-7-8-9-10-12-19-14-15-20(26-19)17-23-24(28-2)18-22(27-23)21-13-11-16-25-21/h11,13-18,25,27H,3-10,12H2,1-2H3. The third-order valence-corrected chi connectivity index (χ3v) is 5.22. The van der Waals surface area contributed by atoms with Crippen molar-refractivity contribution in [2.75, 3.05) is 7.11 Å². The number of methoxy groups -OCH3 is 1. The molecule has 0 saturated heterocycles. The average Bonchev–Trinajstić information content (AvgIpc) is 3.45. The number of allylic oxidation sites excluding steroid dienone is 2. The zero-order chi connectivity index (χ0) is 19.6. The topological polar surface area (TPSA) is 53.2 Å². The molecule has 4 heteroatoms. The number of rotatable bonds is 12. The number of aromatic amines is 2. The Hall–Kier alpha value is -2.49. The smallest absolute Gasteiger partial charge is 0.144 e. The minimum Gasteiger partial charge on any atom is -0.494 e. The van der Waals surface area contributed by atoms with Crippen molar-refractivity contribution < 1.29 is 4.74 Å². The summed E-state index contributed by atoms with van der Waals surface area (Å²) in [5, 5.41) is 0. The predicted octanol–water partition coefficient (Wildman–Crippen LogP) is 6.90. The second-order valence-electron chi connectivity index (χ2n) is 7.48. The van der Waals surface area contributed by atoms with E-state index in [1.165, 1.54) is 57.1 Å². The normalized spacial score (nSPS) is 14.8. The van der Waals surface area contributed by atoms with Crippen molar-refractivity contribution in [2.24, 2.45) is 4.99 Å². The average molecular weight is 380 g/mol. The second-order valence-corrected chi connectivity index (χ2v) is 7.48. The van der Waals surface area contributed by atoms with Crippen LogP contribution >= 0.6 is 0 Å². The number of aromatic nitrogens is 2. The summed E-state index contributed by atoms with van der Waals surface area (Å²) in [5.41, 5.74) is 5.17. The highest BCUT2D eigenvalue weighted by Gasteiger charge is 2.11. The largest absolute Gasteiger partial charge is 0.494 e. The van der Waals surface area contributed by atoms with Crippen LogP contribution in [0.4, 0.5) is 0 Å². The van der Waals surface area contributed by atoms with Crippen LogP contribution in [0.25, 0.3) is 17.5 Å². The van der Waals surface area contributed by atoms with Gasteiger partial charge in [-0.1, -0.05) is 51.9 Å². The monoisotopic (exact) mass is 379 g/mol. The van der Waals surface area contributed by atoms with Crippen LogP contribution in [0, 0.1) is 0 Å². The number of aliphatic imine (C=N–C) groups is 1. The SMILES string of the molecule is CCCCCCCCCCC1=NC(=Cc2[nH]c(-c3ccc[nH]3)cc2OC)C=C1. The maximum absolute atomic E-state index is 5.53. The molecule has 0 unspecified atom stereocenters. The number of H-pyrrole nitrogens is 2. The molecule has 0 atom stereocenters. The van der Waals surface area contributed by atoms with E-state index in [1.54, 1.807) is 7.11 Å². The van der Waals surface area contributed by atoms with Crippen LogP contribution in [0.2, 0.25) is 0 Å². The lowest BCUT2D eigenvalue weighted by atomic mass is 10.1. The number of nitrogens with zero attached hydrogens (tertiary/aromatic N) is 1. The number of ether oxygens (including phenoxy) is 1. The maximum atomic E-state index is 5.53. The number of hydrogen-bond acceptors (Lipinski definition) is 2. The Morgan fingerprint density at radius 3 is 2.50 bits per heavy atom. The first-order valence-corrected chi connectivity index (χ1v) is 10.7. The number of unbranched alkanes of at least 4 members (excludes halogenated alkanes) is 7. The summed E-state index contributed by atoms with van der Waals surface area (Å²) in [6.45, 7) is 2.27. The summed E-state index contributed by atoms with van der Waals surface area (Å²) in [6.07, 6.45) is 20.0. The van der Waals surface area contributed by atoms with Crippen LogP contribution in [0.1, 0.15) is 70.4 Å². The molecule has 3 rings (SSSR count). The van der Waals surface area contributed by atoms with E-state index < -0.39 is 0 Å². The van der Waals surface area contributed by atoms with E-state index in [0.29, 0.717) is 0 Å². The van der Waals surface area contributed by atoms with Gasteiger partial charge in [0.2, 0.25) is 0 Å². The van der Waals surface area contributed by atoms with E-state index >= 15 is 0 Å². The van der Waals surface area contributed by atoms with Crippen LogP contribution in [-0.4, -0.2) is 22.8 Å². The molecule has 2 aromatic heterocycles. The van der Waals surface area contributed by atoms with Crippen molar-refractivity contribution in [1.82, 2.24) is 9.97 Å². The molecule has 2 aromatic rings. The first-order chi connectivity index (χ1) is 13.8. The van der Waals surface area contributed by atoms with E-state index in [0.717, 1.165) is 34.9 Å². The van der Waals surface area contributed by atoms with Gasteiger partial charge in [-0.2, -0.15) is 0 Å². The Bertz CT molecular complexity index is 809. The fourth-order valence-electron chi connectivity index (χ4n) is 3.60. The van der Waals surface area contributed by atoms with Crippen molar-refractivity contribution >= 4 is 11.8 Å². The molecular weight excluding hydrogens is 346 g/mol. The third kappa shape index (κ3) is 5.75. The minimum atomic E-state index is 0.831. The van der Waals surface area contributed by atoms with E-state index in [2.05, 4.69) is 35.1 Å². The molecule has 0 saturated carbocycles. The summed E-state index contributed by atoms with van der Waals surface area (Å²) >= 11 is 0. The van der Waals surface area contributed by atoms with Crippen LogP contribution in [0.15, 0.2) is 47.2 Å². The minimum absolute atomic E-state index is 0.831. The van der Waals surface area contributed by atoms with Crippen molar-refractivity contribution in [3.63, 3.8) is 0 Å². The summed E-state index contributed by atoms with van der Waals surface area (Å²) in [6, 6.07) is 6.04. The van der Waals surface area contributed by atoms with E-state index in [1.807, 2.05) is 24.4 Å². The Morgan fingerprint density at radius 1 is 1.00 bits per heavy atom. The molecule has 0 aromatic carbocycles. The van der Waals surface area contributed by atoms with Gasteiger partial charge in [0.25, 0.3) is 0 Å². The van der Waals surface area contributed by atoms with Gasteiger partial charge in [-0.15, -0.1) is 0 Å². The summed E-state index contributed by atoms with van der Waals surface area (Å²) in [4.78, 5) is 11.4. The van der Waals surface area contributed by atoms with Gasteiger partial charge in [-0.05, 0) is 43.2 Å². The van der Waals surface area contributed by atoms with E-state index in [4.69, 9.17) is 9.73 Å². The van der Waals surface area contributed by atoms with Gasteiger partial charge in [-0.3, -0.25) is 4.99 Å². The fraction of sp³-hybridized carbons (Fsp3) is 0.458. The molecule has 1 aliphatic heterocycles. The van der Waals surface area contributed by atoms with Gasteiger partial charge >= 0.3 is 0 Å². The first kappa shape index (κ1) is 20.2. The second kappa shape index (κ2) is 10.7. The lowest BCUT2D eigenvalue weighted by Crippen LogP contribution is -1.90. The van der Waals surface area contributed by atoms with E-state index in [9.17, 15) is 0 Å². The van der Waals surface area contributed by atoms with Crippen LogP contribution < -0.4 is 4.74 Å². The molecule has 28 heavy (non-hydrogen) atoms. The molecule has 2 N–H and O–H groups in total. The molecule has 0 radical (unpaired) electrons. The zero-order valence-corrected chi connectivity index (χ0v) is 17.3. The van der Waals surface area contributed by atoms with Crippen LogP contribution in [0.5, 0.6) is 5.75 Å². The molecule has 0 spiro atoms. The molecule has 0 amide bonds. The molecule has 1 aliphatic rings. The Kier molecular flexibility index (Phi) is 7.77. The Labute approximate surface area is 168 Å².